The summed E-state index contributed by atoms with van der Waals surface area (Å²) in [5.74, 6) is 1.64. The molecule has 0 aliphatic carbocycles. The van der Waals surface area contributed by atoms with Crippen molar-refractivity contribution in [3.63, 3.8) is 0 Å². The normalized spacial score (nSPS) is 10.6. The number of hydrogen-bond acceptors (Lipinski definition) is 5. The average molecular weight is 355 g/mol. The number of hydrogen-bond donors (Lipinski definition) is 2. The lowest BCUT2D eigenvalue weighted by molar-refractivity contribution is 0.465. The topological polar surface area (TPSA) is 86.6 Å². The lowest BCUT2D eigenvalue weighted by Crippen LogP contribution is -2.00. The monoisotopic (exact) mass is 355 g/mol. The van der Waals surface area contributed by atoms with Crippen LogP contribution in [0.25, 0.3) is 11.0 Å². The van der Waals surface area contributed by atoms with Gasteiger partial charge in [-0.1, -0.05) is 17.7 Å². The van der Waals surface area contributed by atoms with E-state index in [0.29, 0.717) is 23.0 Å². The van der Waals surface area contributed by atoms with Crippen LogP contribution in [0.3, 0.4) is 0 Å². The molecule has 2 aromatic carbocycles. The fraction of sp³-hybridized carbons (Fsp3) is 0.0952. The van der Waals surface area contributed by atoms with Crippen LogP contribution in [-0.2, 0) is 0 Å². The van der Waals surface area contributed by atoms with Gasteiger partial charge in [-0.3, -0.25) is 0 Å². The average Bonchev–Trinajstić information content (AvgIpc) is 3.13. The highest BCUT2D eigenvalue weighted by Gasteiger charge is 2.12. The van der Waals surface area contributed by atoms with Gasteiger partial charge in [0.15, 0.2) is 0 Å². The molecule has 132 valence electrons. The van der Waals surface area contributed by atoms with E-state index in [1.807, 2.05) is 44.2 Å². The fourth-order valence-corrected chi connectivity index (χ4v) is 2.82. The number of aromatic amines is 1. The molecule has 0 saturated heterocycles. The van der Waals surface area contributed by atoms with Crippen LogP contribution < -0.4 is 10.1 Å². The molecule has 27 heavy (non-hydrogen) atoms. The van der Waals surface area contributed by atoms with Gasteiger partial charge >= 0.3 is 0 Å². The van der Waals surface area contributed by atoms with Crippen LogP contribution in [0.5, 0.6) is 11.6 Å². The van der Waals surface area contributed by atoms with E-state index >= 15 is 0 Å². The van der Waals surface area contributed by atoms with Gasteiger partial charge in [0.25, 0.3) is 0 Å². The van der Waals surface area contributed by atoms with Crippen LogP contribution in [0, 0.1) is 25.2 Å². The van der Waals surface area contributed by atoms with Crippen LogP contribution in [0.4, 0.5) is 11.6 Å². The highest BCUT2D eigenvalue weighted by atomic mass is 16.5. The van der Waals surface area contributed by atoms with Gasteiger partial charge in [-0.2, -0.15) is 15.2 Å². The quantitative estimate of drug-likeness (QED) is 0.539. The van der Waals surface area contributed by atoms with Crippen LogP contribution in [0.2, 0.25) is 0 Å². The predicted molar refractivity (Wildman–Crippen MR) is 104 cm³/mol. The fourth-order valence-electron chi connectivity index (χ4n) is 2.82. The number of anilines is 2. The minimum absolute atomic E-state index is 0.412. The van der Waals surface area contributed by atoms with E-state index in [4.69, 9.17) is 10.00 Å². The van der Waals surface area contributed by atoms with E-state index in [0.717, 1.165) is 22.4 Å². The summed E-state index contributed by atoms with van der Waals surface area (Å²) < 4.78 is 6.10. The zero-order chi connectivity index (χ0) is 18.8. The molecule has 0 bridgehead atoms. The molecule has 0 radical (unpaired) electrons. The molecule has 6 nitrogen and oxygen atoms in total. The van der Waals surface area contributed by atoms with Gasteiger partial charge in [0.2, 0.25) is 11.8 Å². The largest absolute Gasteiger partial charge is 0.438 e. The number of ether oxygens (including phenoxy) is 1. The number of H-pyrrole nitrogens is 1. The van der Waals surface area contributed by atoms with E-state index in [2.05, 4.69) is 32.4 Å². The zero-order valence-corrected chi connectivity index (χ0v) is 14.9. The Bertz CT molecular complexity index is 1160. The maximum Gasteiger partial charge on any atom is 0.233 e. The number of nitrogens with zero attached hydrogens (tertiary/aromatic N) is 3. The maximum absolute atomic E-state index is 8.91. The van der Waals surface area contributed by atoms with Crippen molar-refractivity contribution in [2.45, 2.75) is 13.8 Å². The smallest absolute Gasteiger partial charge is 0.233 e. The Hall–Kier alpha value is -3.85. The Morgan fingerprint density at radius 3 is 2.59 bits per heavy atom. The van der Waals surface area contributed by atoms with Crippen LogP contribution in [-0.4, -0.2) is 15.0 Å². The molecule has 0 atom stereocenters. The molecule has 0 aliphatic rings. The minimum Gasteiger partial charge on any atom is -0.438 e. The molecule has 2 heterocycles. The van der Waals surface area contributed by atoms with Gasteiger partial charge in [0, 0.05) is 11.9 Å². The zero-order valence-electron chi connectivity index (χ0n) is 14.9. The molecule has 4 aromatic rings. The summed E-state index contributed by atoms with van der Waals surface area (Å²) in [6.07, 6.45) is 1.81. The summed E-state index contributed by atoms with van der Waals surface area (Å²) in [5, 5.41) is 12.9. The Labute approximate surface area is 156 Å². The van der Waals surface area contributed by atoms with E-state index in [1.54, 1.807) is 18.3 Å². The molecule has 0 amide bonds. The third-order valence-electron chi connectivity index (χ3n) is 4.19. The van der Waals surface area contributed by atoms with Gasteiger partial charge < -0.3 is 15.0 Å². The van der Waals surface area contributed by atoms with Gasteiger partial charge in [-0.05, 0) is 55.8 Å². The summed E-state index contributed by atoms with van der Waals surface area (Å²) in [4.78, 5) is 12.1. The lowest BCUT2D eigenvalue weighted by Gasteiger charge is -2.11. The Balaban J connectivity index is 1.69. The number of fused-ring (bicyclic) bond motifs is 1. The summed E-state index contributed by atoms with van der Waals surface area (Å²) in [5.41, 5.74) is 4.29. The second kappa shape index (κ2) is 6.81. The third kappa shape index (κ3) is 3.44. The van der Waals surface area contributed by atoms with E-state index in [9.17, 15) is 0 Å². The molecule has 0 unspecified atom stereocenters. The van der Waals surface area contributed by atoms with Gasteiger partial charge in [0.05, 0.1) is 17.0 Å². The molecular weight excluding hydrogens is 338 g/mol. The highest BCUT2D eigenvalue weighted by molar-refractivity contribution is 5.82. The first-order chi connectivity index (χ1) is 13.1. The number of nitrogens with one attached hydrogen (secondary N) is 2. The minimum atomic E-state index is 0.412. The second-order valence-corrected chi connectivity index (χ2v) is 6.28. The van der Waals surface area contributed by atoms with Crippen molar-refractivity contribution in [3.05, 3.63) is 71.4 Å². The Morgan fingerprint density at radius 1 is 1.04 bits per heavy atom. The summed E-state index contributed by atoms with van der Waals surface area (Å²) >= 11 is 0. The van der Waals surface area contributed by atoms with Crippen molar-refractivity contribution in [1.82, 2.24) is 15.0 Å². The molecule has 2 aromatic heterocycles. The van der Waals surface area contributed by atoms with Crippen LogP contribution in [0.15, 0.2) is 54.7 Å². The number of benzene rings is 2. The highest BCUT2D eigenvalue weighted by Crippen LogP contribution is 2.31. The number of nitriles is 1. The molecule has 0 saturated carbocycles. The van der Waals surface area contributed by atoms with Crippen molar-refractivity contribution in [2.24, 2.45) is 0 Å². The van der Waals surface area contributed by atoms with Crippen molar-refractivity contribution in [1.29, 1.82) is 5.26 Å². The molecule has 0 aliphatic heterocycles. The van der Waals surface area contributed by atoms with Crippen molar-refractivity contribution in [2.75, 3.05) is 5.32 Å². The van der Waals surface area contributed by atoms with E-state index in [1.165, 1.54) is 5.56 Å². The SMILES string of the molecule is Cc1ccc(Oc2nc(Nc3ccc(C#N)cc3)nc3[nH]ccc23)c(C)c1. The summed E-state index contributed by atoms with van der Waals surface area (Å²) in [7, 11) is 0. The molecule has 2 N–H and O–H groups in total. The lowest BCUT2D eigenvalue weighted by atomic mass is 10.1. The van der Waals surface area contributed by atoms with E-state index < -0.39 is 0 Å². The number of rotatable bonds is 4. The van der Waals surface area contributed by atoms with Gasteiger partial charge in [-0.25, -0.2) is 0 Å². The number of aromatic nitrogens is 3. The molecule has 6 heteroatoms. The molecular formula is C21H17N5O. The Morgan fingerprint density at radius 2 is 1.85 bits per heavy atom. The number of aryl methyl sites for hydroxylation is 2. The van der Waals surface area contributed by atoms with E-state index in [-0.39, 0.29) is 0 Å². The summed E-state index contributed by atoms with van der Waals surface area (Å²) in [6, 6.07) is 17.1. The van der Waals surface area contributed by atoms with Gasteiger partial charge in [-0.15, -0.1) is 0 Å². The molecule has 0 spiro atoms. The molecule has 4 rings (SSSR count). The third-order valence-corrected chi connectivity index (χ3v) is 4.19. The molecule has 0 fully saturated rings. The summed E-state index contributed by atoms with van der Waals surface area (Å²) in [6.45, 7) is 4.05. The maximum atomic E-state index is 8.91. The van der Waals surface area contributed by atoms with Crippen molar-refractivity contribution in [3.8, 4) is 17.7 Å². The van der Waals surface area contributed by atoms with Crippen LogP contribution >= 0.6 is 0 Å². The predicted octanol–water partition coefficient (Wildman–Crippen LogP) is 4.98. The first kappa shape index (κ1) is 16.6. The Kier molecular flexibility index (Phi) is 4.19. The first-order valence-corrected chi connectivity index (χ1v) is 8.50. The second-order valence-electron chi connectivity index (χ2n) is 6.28. The first-order valence-electron chi connectivity index (χ1n) is 8.50. The van der Waals surface area contributed by atoms with Crippen molar-refractivity contribution < 1.29 is 4.74 Å². The standard InChI is InChI=1S/C21H17N5O/c1-13-3-8-18(14(2)11-13)27-20-17-9-10-23-19(17)25-21(26-20)24-16-6-4-15(12-22)5-7-16/h3-11H,1-2H3,(H2,23,24,25,26). The van der Waals surface area contributed by atoms with Crippen LogP contribution in [0.1, 0.15) is 16.7 Å². The van der Waals surface area contributed by atoms with Gasteiger partial charge in [0.1, 0.15) is 11.4 Å². The van der Waals surface area contributed by atoms with Crippen molar-refractivity contribution >= 4 is 22.7 Å².